The standard InChI is InChI=1S/C20H16N2OS2/c1-3-15-5-4-6-18(11-15)22-19(23)17-9-7-16(8-10-17)13-25-20-21-14(2)12-24-20/h1,4-12H,13H2,2H3,(H,22,23). The maximum absolute atomic E-state index is 12.3. The molecule has 3 aromatic rings. The van der Waals surface area contributed by atoms with Gasteiger partial charge in [0.1, 0.15) is 4.34 Å². The van der Waals surface area contributed by atoms with Crippen LogP contribution >= 0.6 is 23.1 Å². The highest BCUT2D eigenvalue weighted by atomic mass is 32.2. The minimum atomic E-state index is -0.149. The van der Waals surface area contributed by atoms with Crippen molar-refractivity contribution in [3.8, 4) is 12.3 Å². The van der Waals surface area contributed by atoms with Crippen molar-refractivity contribution in [2.75, 3.05) is 5.32 Å². The fourth-order valence-electron chi connectivity index (χ4n) is 2.19. The molecule has 0 atom stereocenters. The van der Waals surface area contributed by atoms with E-state index in [1.165, 1.54) is 0 Å². The zero-order valence-corrected chi connectivity index (χ0v) is 15.3. The van der Waals surface area contributed by atoms with Crippen molar-refractivity contribution in [2.45, 2.75) is 17.0 Å². The quantitative estimate of drug-likeness (QED) is 0.513. The molecular weight excluding hydrogens is 348 g/mol. The summed E-state index contributed by atoms with van der Waals surface area (Å²) in [5.41, 5.74) is 4.25. The van der Waals surface area contributed by atoms with Crippen LogP contribution in [0, 0.1) is 19.3 Å². The molecule has 0 aliphatic heterocycles. The average Bonchev–Trinajstić information content (AvgIpc) is 3.06. The first-order chi connectivity index (χ1) is 12.1. The molecule has 0 unspecified atom stereocenters. The summed E-state index contributed by atoms with van der Waals surface area (Å²) in [6, 6.07) is 14.9. The fourth-order valence-corrected chi connectivity index (χ4v) is 3.99. The number of aromatic nitrogens is 1. The number of nitrogens with zero attached hydrogens (tertiary/aromatic N) is 1. The highest BCUT2D eigenvalue weighted by molar-refractivity contribution is 8.00. The Hall–Kier alpha value is -2.55. The predicted molar refractivity (Wildman–Crippen MR) is 105 cm³/mol. The van der Waals surface area contributed by atoms with E-state index in [0.29, 0.717) is 11.3 Å². The first-order valence-corrected chi connectivity index (χ1v) is 9.52. The molecule has 0 saturated carbocycles. The molecule has 0 bridgehead atoms. The van der Waals surface area contributed by atoms with Gasteiger partial charge in [-0.1, -0.05) is 35.9 Å². The number of anilines is 1. The molecule has 0 radical (unpaired) electrons. The maximum Gasteiger partial charge on any atom is 0.255 e. The summed E-state index contributed by atoms with van der Waals surface area (Å²) in [4.78, 5) is 16.8. The van der Waals surface area contributed by atoms with Gasteiger partial charge in [-0.15, -0.1) is 17.8 Å². The molecule has 0 aliphatic rings. The predicted octanol–water partition coefficient (Wildman–Crippen LogP) is 4.98. The van der Waals surface area contributed by atoms with E-state index in [4.69, 9.17) is 6.42 Å². The molecule has 1 heterocycles. The third-order valence-corrected chi connectivity index (χ3v) is 5.67. The Morgan fingerprint density at radius 3 is 2.76 bits per heavy atom. The van der Waals surface area contributed by atoms with Crippen molar-refractivity contribution in [1.29, 1.82) is 0 Å². The van der Waals surface area contributed by atoms with Gasteiger partial charge in [0, 0.05) is 33.6 Å². The van der Waals surface area contributed by atoms with Crippen LogP contribution in [-0.4, -0.2) is 10.9 Å². The van der Waals surface area contributed by atoms with E-state index in [1.807, 2.05) is 54.8 Å². The van der Waals surface area contributed by atoms with E-state index in [0.717, 1.165) is 26.9 Å². The highest BCUT2D eigenvalue weighted by Gasteiger charge is 2.07. The molecule has 1 aromatic heterocycles. The van der Waals surface area contributed by atoms with Gasteiger partial charge >= 0.3 is 0 Å². The van der Waals surface area contributed by atoms with Crippen molar-refractivity contribution in [3.63, 3.8) is 0 Å². The van der Waals surface area contributed by atoms with Crippen LogP contribution in [0.25, 0.3) is 0 Å². The first-order valence-electron chi connectivity index (χ1n) is 7.66. The van der Waals surface area contributed by atoms with Crippen LogP contribution in [0.3, 0.4) is 0 Å². The molecule has 0 fully saturated rings. The lowest BCUT2D eigenvalue weighted by atomic mass is 10.1. The van der Waals surface area contributed by atoms with Crippen LogP contribution in [0.1, 0.15) is 27.2 Å². The Kier molecular flexibility index (Phi) is 5.54. The van der Waals surface area contributed by atoms with E-state index < -0.39 is 0 Å². The Morgan fingerprint density at radius 1 is 1.28 bits per heavy atom. The Balaban J connectivity index is 1.61. The number of benzene rings is 2. The lowest BCUT2D eigenvalue weighted by Crippen LogP contribution is -2.11. The van der Waals surface area contributed by atoms with Crippen molar-refractivity contribution in [3.05, 3.63) is 76.3 Å². The molecule has 5 heteroatoms. The second-order valence-electron chi connectivity index (χ2n) is 5.42. The number of thiazole rings is 1. The molecule has 0 aliphatic carbocycles. The van der Waals surface area contributed by atoms with Crippen LogP contribution in [0.15, 0.2) is 58.3 Å². The number of hydrogen-bond donors (Lipinski definition) is 1. The number of rotatable bonds is 5. The summed E-state index contributed by atoms with van der Waals surface area (Å²) in [5.74, 6) is 3.24. The summed E-state index contributed by atoms with van der Waals surface area (Å²) in [7, 11) is 0. The molecule has 3 nitrogen and oxygen atoms in total. The molecule has 0 saturated heterocycles. The lowest BCUT2D eigenvalue weighted by Gasteiger charge is -2.06. The van der Waals surface area contributed by atoms with Crippen molar-refractivity contribution >= 4 is 34.7 Å². The van der Waals surface area contributed by atoms with Crippen LogP contribution in [0.2, 0.25) is 0 Å². The lowest BCUT2D eigenvalue weighted by molar-refractivity contribution is 0.102. The molecule has 1 N–H and O–H groups in total. The molecule has 2 aromatic carbocycles. The summed E-state index contributed by atoms with van der Waals surface area (Å²) >= 11 is 3.36. The van der Waals surface area contributed by atoms with Crippen molar-refractivity contribution in [2.24, 2.45) is 0 Å². The molecule has 124 valence electrons. The Morgan fingerprint density at radius 2 is 2.08 bits per heavy atom. The summed E-state index contributed by atoms with van der Waals surface area (Å²) < 4.78 is 1.06. The van der Waals surface area contributed by atoms with Gasteiger partial charge in [-0.05, 0) is 42.8 Å². The number of carbonyl (C=O) groups is 1. The van der Waals surface area contributed by atoms with Crippen LogP contribution in [0.5, 0.6) is 0 Å². The van der Waals surface area contributed by atoms with E-state index >= 15 is 0 Å². The summed E-state index contributed by atoms with van der Waals surface area (Å²) in [5, 5.41) is 4.91. The van der Waals surface area contributed by atoms with Gasteiger partial charge in [0.2, 0.25) is 0 Å². The number of hydrogen-bond acceptors (Lipinski definition) is 4. The van der Waals surface area contributed by atoms with Gasteiger partial charge in [-0.3, -0.25) is 4.79 Å². The zero-order valence-electron chi connectivity index (χ0n) is 13.7. The Labute approximate surface area is 155 Å². The monoisotopic (exact) mass is 364 g/mol. The Bertz CT molecular complexity index is 923. The van der Waals surface area contributed by atoms with Crippen molar-refractivity contribution in [1.82, 2.24) is 4.98 Å². The topological polar surface area (TPSA) is 42.0 Å². The smallest absolute Gasteiger partial charge is 0.255 e. The summed E-state index contributed by atoms with van der Waals surface area (Å²) in [6.07, 6.45) is 5.38. The van der Waals surface area contributed by atoms with E-state index in [2.05, 4.69) is 16.2 Å². The van der Waals surface area contributed by atoms with Gasteiger partial charge in [0.25, 0.3) is 5.91 Å². The number of nitrogens with one attached hydrogen (secondary N) is 1. The SMILES string of the molecule is C#Cc1cccc(NC(=O)c2ccc(CSc3nc(C)cs3)cc2)c1. The normalized spacial score (nSPS) is 10.2. The maximum atomic E-state index is 12.3. The average molecular weight is 364 g/mol. The molecule has 25 heavy (non-hydrogen) atoms. The zero-order chi connectivity index (χ0) is 17.6. The number of terminal acetylenes is 1. The number of thioether (sulfide) groups is 1. The molecule has 3 rings (SSSR count). The van der Waals surface area contributed by atoms with Crippen molar-refractivity contribution < 1.29 is 4.79 Å². The number of carbonyl (C=O) groups excluding carboxylic acids is 1. The second kappa shape index (κ2) is 8.02. The highest BCUT2D eigenvalue weighted by Crippen LogP contribution is 2.26. The third-order valence-electron chi connectivity index (χ3n) is 3.46. The molecular formula is C20H16N2OS2. The first kappa shape index (κ1) is 17.3. The number of aryl methyl sites for hydroxylation is 1. The van der Waals surface area contributed by atoms with E-state index in [1.54, 1.807) is 29.2 Å². The minimum absolute atomic E-state index is 0.149. The second-order valence-corrected chi connectivity index (χ2v) is 7.50. The van der Waals surface area contributed by atoms with Gasteiger partial charge in [0.05, 0.1) is 0 Å². The van der Waals surface area contributed by atoms with Gasteiger partial charge in [-0.2, -0.15) is 0 Å². The number of amides is 1. The van der Waals surface area contributed by atoms with Gasteiger partial charge in [0.15, 0.2) is 0 Å². The summed E-state index contributed by atoms with van der Waals surface area (Å²) in [6.45, 7) is 1.99. The van der Waals surface area contributed by atoms with Crippen LogP contribution in [-0.2, 0) is 5.75 Å². The van der Waals surface area contributed by atoms with Gasteiger partial charge in [-0.25, -0.2) is 4.98 Å². The van der Waals surface area contributed by atoms with Crippen LogP contribution < -0.4 is 5.32 Å². The van der Waals surface area contributed by atoms with E-state index in [9.17, 15) is 4.79 Å². The minimum Gasteiger partial charge on any atom is -0.322 e. The van der Waals surface area contributed by atoms with Crippen LogP contribution in [0.4, 0.5) is 5.69 Å². The molecule has 0 spiro atoms. The largest absolute Gasteiger partial charge is 0.322 e. The van der Waals surface area contributed by atoms with Gasteiger partial charge < -0.3 is 5.32 Å². The fraction of sp³-hybridized carbons (Fsp3) is 0.100. The molecule has 1 amide bonds. The third kappa shape index (κ3) is 4.72. The van der Waals surface area contributed by atoms with E-state index in [-0.39, 0.29) is 5.91 Å².